The predicted octanol–water partition coefficient (Wildman–Crippen LogP) is 15.7. The zero-order chi connectivity index (χ0) is 63.7. The third-order valence-electron chi connectivity index (χ3n) is 11.0. The summed E-state index contributed by atoms with van der Waals surface area (Å²) in [6.45, 7) is -13.2. The molecule has 62 heavy (non-hydrogen) atoms. The monoisotopic (exact) mass is 839 g/mol. The molecule has 6 aromatic carbocycles. The van der Waals surface area contributed by atoms with Crippen molar-refractivity contribution in [1.82, 2.24) is 14.5 Å². The molecule has 0 bridgehead atoms. The van der Waals surface area contributed by atoms with Crippen molar-refractivity contribution in [3.05, 3.63) is 168 Å². The van der Waals surface area contributed by atoms with Gasteiger partial charge in [0.25, 0.3) is 0 Å². The first-order valence-corrected chi connectivity index (χ1v) is 20.1. The van der Waals surface area contributed by atoms with Crippen LogP contribution in [0, 0.1) is 0 Å². The van der Waals surface area contributed by atoms with Gasteiger partial charge in [-0.2, -0.15) is 0 Å². The maximum atomic E-state index is 13.1. The van der Waals surface area contributed by atoms with Crippen LogP contribution in [0.2, 0.25) is 0 Å². The molecule has 4 heteroatoms. The van der Waals surface area contributed by atoms with E-state index in [2.05, 4.69) is 4.98 Å². The molecule has 0 aliphatic heterocycles. The Kier molecular flexibility index (Phi) is 5.71. The minimum Gasteiger partial charge on any atom is -0.507 e. The third kappa shape index (κ3) is 8.23. The first kappa shape index (κ1) is 22.7. The average molecular weight is 839 g/mol. The lowest BCUT2D eigenvalue weighted by Crippen LogP contribution is -2.18. The summed E-state index contributed by atoms with van der Waals surface area (Å²) in [5.41, 5.74) is -7.94. The fourth-order valence-electron chi connectivity index (χ4n) is 7.71. The van der Waals surface area contributed by atoms with E-state index in [1.54, 1.807) is 42.5 Å². The molecule has 0 aliphatic carbocycles. The molecule has 0 unspecified atom stereocenters. The van der Waals surface area contributed by atoms with Crippen LogP contribution in [-0.2, 0) is 21.7 Å². The molecule has 0 fully saturated rings. The lowest BCUT2D eigenvalue weighted by Gasteiger charge is -2.28. The third-order valence-corrected chi connectivity index (χ3v) is 11.0. The molecule has 1 N–H and O–H groups in total. The van der Waals surface area contributed by atoms with Gasteiger partial charge in [-0.1, -0.05) is 174 Å². The highest BCUT2D eigenvalue weighted by molar-refractivity contribution is 5.97. The number of pyridine rings is 1. The van der Waals surface area contributed by atoms with E-state index in [1.165, 1.54) is 16.8 Å². The number of fused-ring (bicyclic) bond motifs is 1. The molecule has 0 amide bonds. The van der Waals surface area contributed by atoms with Crippen LogP contribution in [0.4, 0.5) is 0 Å². The molecule has 8 aromatic rings. The minimum absolute atomic E-state index is 0.0609. The van der Waals surface area contributed by atoms with Gasteiger partial charge in [0, 0.05) is 47.6 Å². The standard InChI is InChI=1S/C58H61N3O/c1-55(2,3)43-31-41(30-42(32-43)49-34-40(28-29-59-49)38-22-17-14-18-23-38)45-24-19-25-51-52(45)60-54(46-35-44(56(4,5)6)36-48(53(46)62)58(10,11)12)61(51)50-27-26-39(33-47(50)57(7,8)9)37-20-15-13-16-21-37/h13-36,62H,1-12H3/i4D3,5D3,6D3,10D3,11D3,12D3,14D,17D,18D,22D,23D. The van der Waals surface area contributed by atoms with Crippen LogP contribution < -0.4 is 0 Å². The van der Waals surface area contributed by atoms with Crippen molar-refractivity contribution in [3.63, 3.8) is 0 Å². The molecule has 0 atom stereocenters. The lowest BCUT2D eigenvalue weighted by atomic mass is 9.78. The Balaban J connectivity index is 1.60. The highest BCUT2D eigenvalue weighted by Gasteiger charge is 2.30. The first-order valence-electron chi connectivity index (χ1n) is 31.6. The largest absolute Gasteiger partial charge is 0.507 e. The van der Waals surface area contributed by atoms with Gasteiger partial charge < -0.3 is 5.11 Å². The van der Waals surface area contributed by atoms with Gasteiger partial charge in [-0.25, -0.2) is 4.98 Å². The van der Waals surface area contributed by atoms with Crippen molar-refractivity contribution in [2.75, 3.05) is 0 Å². The quantitative estimate of drug-likeness (QED) is 0.181. The summed E-state index contributed by atoms with van der Waals surface area (Å²) in [4.78, 5) is 9.83. The summed E-state index contributed by atoms with van der Waals surface area (Å²) in [5.74, 6) is -1.87. The molecule has 2 aromatic heterocycles. The maximum absolute atomic E-state index is 13.1. The van der Waals surface area contributed by atoms with E-state index in [4.69, 9.17) is 36.5 Å². The van der Waals surface area contributed by atoms with Crippen LogP contribution in [0.5, 0.6) is 5.75 Å². The fraction of sp³-hybridized carbons (Fsp3) is 0.276. The summed E-state index contributed by atoms with van der Waals surface area (Å²) in [7, 11) is 0. The average Bonchev–Trinajstić information content (AvgIpc) is 2.30. The second kappa shape index (κ2) is 15.6. The van der Waals surface area contributed by atoms with Gasteiger partial charge >= 0.3 is 0 Å². The number of phenolic OH excluding ortho intramolecular Hbond substituents is 1. The topological polar surface area (TPSA) is 50.9 Å². The number of hydrogen-bond donors (Lipinski definition) is 1. The summed E-state index contributed by atoms with van der Waals surface area (Å²) < 4.78 is 202. The van der Waals surface area contributed by atoms with Gasteiger partial charge in [0.15, 0.2) is 0 Å². The summed E-state index contributed by atoms with van der Waals surface area (Å²) in [5, 5.41) is 13.1. The van der Waals surface area contributed by atoms with E-state index >= 15 is 0 Å². The number of imidazole rings is 1. The zero-order valence-corrected chi connectivity index (χ0v) is 35.3. The second-order valence-electron chi connectivity index (χ2n) is 17.7. The highest BCUT2D eigenvalue weighted by atomic mass is 16.3. The number of aromatic nitrogens is 3. The van der Waals surface area contributed by atoms with Crippen molar-refractivity contribution in [2.24, 2.45) is 0 Å². The van der Waals surface area contributed by atoms with Crippen molar-refractivity contribution in [2.45, 2.75) is 104 Å². The number of hydrogen-bond acceptors (Lipinski definition) is 3. The van der Waals surface area contributed by atoms with Crippen LogP contribution in [0.1, 0.15) is 136 Å². The van der Waals surface area contributed by atoms with E-state index in [0.29, 0.717) is 39.7 Å². The molecule has 0 radical (unpaired) electrons. The normalized spacial score (nSPS) is 19.2. The fourth-order valence-corrected chi connectivity index (χ4v) is 7.71. The lowest BCUT2D eigenvalue weighted by molar-refractivity contribution is 0.446. The molecule has 0 saturated heterocycles. The number of rotatable bonds is 6. The number of phenols is 1. The first-order chi connectivity index (χ1) is 38.8. The number of para-hydroxylation sites is 1. The Bertz CT molecular complexity index is 3810. The van der Waals surface area contributed by atoms with Crippen molar-refractivity contribution < 1.29 is 36.6 Å². The second-order valence-corrected chi connectivity index (χ2v) is 17.7. The maximum Gasteiger partial charge on any atom is 0.149 e. The smallest absolute Gasteiger partial charge is 0.149 e. The van der Waals surface area contributed by atoms with Crippen LogP contribution in [-0.4, -0.2) is 19.6 Å². The van der Waals surface area contributed by atoms with Crippen LogP contribution in [0.3, 0.4) is 0 Å². The summed E-state index contributed by atoms with van der Waals surface area (Å²) >= 11 is 0. The van der Waals surface area contributed by atoms with Gasteiger partial charge in [-0.3, -0.25) is 9.55 Å². The Morgan fingerprint density at radius 2 is 1.23 bits per heavy atom. The zero-order valence-electron chi connectivity index (χ0n) is 58.3. The summed E-state index contributed by atoms with van der Waals surface area (Å²) in [6.07, 6.45) is 1.44. The Morgan fingerprint density at radius 1 is 0.532 bits per heavy atom. The van der Waals surface area contributed by atoms with Gasteiger partial charge in [0.05, 0.1) is 34.8 Å². The molecule has 8 rings (SSSR count). The Hall–Kier alpha value is -6.26. The predicted molar refractivity (Wildman–Crippen MR) is 263 cm³/mol. The number of benzene rings is 6. The molecule has 314 valence electrons. The molecule has 0 saturated carbocycles. The van der Waals surface area contributed by atoms with Crippen LogP contribution in [0.25, 0.3) is 72.7 Å². The Morgan fingerprint density at radius 3 is 1.92 bits per heavy atom. The minimum atomic E-state index is -4.18. The van der Waals surface area contributed by atoms with Crippen LogP contribution in [0.15, 0.2) is 146 Å². The van der Waals surface area contributed by atoms with Gasteiger partial charge in [-0.15, -0.1) is 0 Å². The summed E-state index contributed by atoms with van der Waals surface area (Å²) in [6, 6.07) is 26.8. The highest BCUT2D eigenvalue weighted by Crippen LogP contribution is 2.46. The van der Waals surface area contributed by atoms with E-state index < -0.39 is 121 Å². The van der Waals surface area contributed by atoms with Crippen molar-refractivity contribution in [1.29, 1.82) is 0 Å². The van der Waals surface area contributed by atoms with Crippen molar-refractivity contribution in [3.8, 4) is 67.5 Å². The SMILES string of the molecule is [2H]c1c([2H])c([2H])c(-c2ccnc(-c3cc(-c4cccc5c4nc(-c4cc(C(C([2H])([2H])[2H])(C([2H])([2H])[2H])C([2H])([2H])[2H])cc(C(C([2H])([2H])[2H])(C([2H])([2H])[2H])C([2H])([2H])[2H])c4O)n5-c4ccc(-c5ccccc5)cc4C(C)(C)C)cc(C(C)(C)C)c3)c2)c([2H])c1[2H]. The van der Waals surface area contributed by atoms with E-state index in [1.807, 2.05) is 90.1 Å². The molecule has 0 spiro atoms. The molecular weight excluding hydrogens is 755 g/mol. The Labute approximate surface area is 401 Å². The van der Waals surface area contributed by atoms with Crippen LogP contribution >= 0.6 is 0 Å². The number of nitrogens with zero attached hydrogens (tertiary/aromatic N) is 3. The van der Waals surface area contributed by atoms with Gasteiger partial charge in [0.1, 0.15) is 11.6 Å². The van der Waals surface area contributed by atoms with Gasteiger partial charge in [0.2, 0.25) is 0 Å². The molecule has 2 heterocycles. The van der Waals surface area contributed by atoms with E-state index in [-0.39, 0.29) is 28.2 Å². The van der Waals surface area contributed by atoms with Gasteiger partial charge in [-0.05, 0) is 115 Å². The molecule has 4 nitrogen and oxygen atoms in total. The van der Waals surface area contributed by atoms with E-state index in [9.17, 15) is 5.11 Å². The number of aromatic hydroxyl groups is 1. The molecular formula is C58H61N3O. The van der Waals surface area contributed by atoms with Crippen molar-refractivity contribution >= 4 is 11.0 Å². The van der Waals surface area contributed by atoms with E-state index in [0.717, 1.165) is 16.7 Å². The molecule has 0 aliphatic rings.